The van der Waals surface area contributed by atoms with Gasteiger partial charge >= 0.3 is 6.09 Å². The van der Waals surface area contributed by atoms with Gasteiger partial charge in [-0.05, 0) is 52.0 Å². The van der Waals surface area contributed by atoms with Crippen LogP contribution in [-0.2, 0) is 4.74 Å². The maximum absolute atomic E-state index is 12.2. The molecule has 29 heavy (non-hydrogen) atoms. The van der Waals surface area contributed by atoms with Crippen LogP contribution >= 0.6 is 11.3 Å². The Morgan fingerprint density at radius 1 is 1.10 bits per heavy atom. The van der Waals surface area contributed by atoms with E-state index in [9.17, 15) is 9.59 Å². The van der Waals surface area contributed by atoms with Crippen molar-refractivity contribution in [3.8, 4) is 10.9 Å². The molecule has 1 aliphatic heterocycles. The second kappa shape index (κ2) is 8.28. The van der Waals surface area contributed by atoms with Crippen molar-refractivity contribution in [2.24, 2.45) is 5.73 Å². The van der Waals surface area contributed by atoms with Crippen molar-refractivity contribution in [1.82, 2.24) is 9.88 Å². The average Bonchev–Trinajstić information content (AvgIpc) is 3.01. The lowest BCUT2D eigenvalue weighted by atomic mass is 10.2. The first-order valence-electron chi connectivity index (χ1n) is 9.40. The van der Waals surface area contributed by atoms with Gasteiger partial charge in [0.2, 0.25) is 0 Å². The minimum atomic E-state index is -0.504. The first-order valence-corrected chi connectivity index (χ1v) is 10.2. The van der Waals surface area contributed by atoms with Crippen LogP contribution in [0.3, 0.4) is 0 Å². The van der Waals surface area contributed by atoms with Crippen molar-refractivity contribution in [3.05, 3.63) is 34.8 Å². The first-order chi connectivity index (χ1) is 13.6. The van der Waals surface area contributed by atoms with E-state index in [0.29, 0.717) is 34.6 Å². The number of rotatable bonds is 4. The van der Waals surface area contributed by atoms with Gasteiger partial charge in [0, 0.05) is 31.9 Å². The summed E-state index contributed by atoms with van der Waals surface area (Å²) in [7, 11) is 0. The molecule has 3 rings (SSSR count). The molecular formula is C20H26N4O4S. The van der Waals surface area contributed by atoms with Gasteiger partial charge in [0.1, 0.15) is 16.2 Å². The summed E-state index contributed by atoms with van der Waals surface area (Å²) in [5.41, 5.74) is 6.45. The molecule has 0 spiro atoms. The number of hydrogen-bond acceptors (Lipinski definition) is 7. The maximum Gasteiger partial charge on any atom is 0.410 e. The van der Waals surface area contributed by atoms with Gasteiger partial charge in [0.05, 0.1) is 5.69 Å². The molecule has 1 saturated heterocycles. The molecule has 1 fully saturated rings. The Kier molecular flexibility index (Phi) is 5.97. The SMILES string of the molecule is Cc1nc(Oc2ccc(N3CCN(C(=O)OC(C)(C)C)CC3)cc2)sc1C(N)=O. The molecule has 0 atom stereocenters. The number of aromatic nitrogens is 1. The third-order valence-electron chi connectivity index (χ3n) is 4.34. The molecule has 1 aromatic carbocycles. The molecule has 0 unspecified atom stereocenters. The normalized spacial score (nSPS) is 14.6. The second-order valence-electron chi connectivity index (χ2n) is 7.81. The van der Waals surface area contributed by atoms with Crippen LogP contribution in [0.2, 0.25) is 0 Å². The highest BCUT2D eigenvalue weighted by molar-refractivity contribution is 7.15. The summed E-state index contributed by atoms with van der Waals surface area (Å²) in [6, 6.07) is 7.65. The molecule has 0 aliphatic carbocycles. The third-order valence-corrected chi connectivity index (χ3v) is 5.39. The lowest BCUT2D eigenvalue weighted by Gasteiger charge is -2.36. The molecule has 2 aromatic rings. The molecule has 1 aromatic heterocycles. The van der Waals surface area contributed by atoms with Gasteiger partial charge in [-0.3, -0.25) is 4.79 Å². The number of thiazole rings is 1. The van der Waals surface area contributed by atoms with E-state index in [1.807, 2.05) is 45.0 Å². The number of aryl methyl sites for hydroxylation is 1. The largest absolute Gasteiger partial charge is 0.444 e. The minimum Gasteiger partial charge on any atom is -0.444 e. The fourth-order valence-electron chi connectivity index (χ4n) is 2.94. The molecule has 0 radical (unpaired) electrons. The Bertz CT molecular complexity index is 881. The number of carbonyl (C=O) groups excluding carboxylic acids is 2. The van der Waals surface area contributed by atoms with Gasteiger partial charge in [-0.1, -0.05) is 11.3 Å². The van der Waals surface area contributed by atoms with E-state index in [1.165, 1.54) is 0 Å². The lowest BCUT2D eigenvalue weighted by molar-refractivity contribution is 0.0240. The zero-order chi connectivity index (χ0) is 21.2. The molecule has 0 saturated carbocycles. The minimum absolute atomic E-state index is 0.269. The van der Waals surface area contributed by atoms with Gasteiger partial charge in [-0.15, -0.1) is 0 Å². The number of amides is 2. The number of ether oxygens (including phenoxy) is 2. The fourth-order valence-corrected chi connectivity index (χ4v) is 3.73. The smallest absolute Gasteiger partial charge is 0.410 e. The summed E-state index contributed by atoms with van der Waals surface area (Å²) in [6.45, 7) is 10.0. The lowest BCUT2D eigenvalue weighted by Crippen LogP contribution is -2.50. The number of anilines is 1. The van der Waals surface area contributed by atoms with Crippen LogP contribution in [0, 0.1) is 6.92 Å². The molecule has 156 valence electrons. The number of hydrogen-bond donors (Lipinski definition) is 1. The first kappa shape index (κ1) is 20.9. The predicted octanol–water partition coefficient (Wildman–Crippen LogP) is 3.40. The standard InChI is InChI=1S/C20H26N4O4S/c1-13-16(17(21)25)29-18(22-13)27-15-7-5-14(6-8-15)23-9-11-24(12-10-23)19(26)28-20(2,3)4/h5-8H,9-12H2,1-4H3,(H2,21,25). The summed E-state index contributed by atoms with van der Waals surface area (Å²) in [6.07, 6.45) is -0.269. The van der Waals surface area contributed by atoms with E-state index in [0.717, 1.165) is 30.1 Å². The van der Waals surface area contributed by atoms with Crippen LogP contribution in [0.4, 0.5) is 10.5 Å². The van der Waals surface area contributed by atoms with Gasteiger partial charge < -0.3 is 25.0 Å². The Morgan fingerprint density at radius 3 is 2.24 bits per heavy atom. The van der Waals surface area contributed by atoms with E-state index >= 15 is 0 Å². The number of nitrogens with two attached hydrogens (primary N) is 1. The highest BCUT2D eigenvalue weighted by Crippen LogP contribution is 2.30. The average molecular weight is 419 g/mol. The van der Waals surface area contributed by atoms with Crippen molar-refractivity contribution < 1.29 is 19.1 Å². The summed E-state index contributed by atoms with van der Waals surface area (Å²) in [4.78, 5) is 32.1. The highest BCUT2D eigenvalue weighted by Gasteiger charge is 2.26. The van der Waals surface area contributed by atoms with E-state index in [-0.39, 0.29) is 6.09 Å². The topological polar surface area (TPSA) is 98.0 Å². The van der Waals surface area contributed by atoms with Crippen LogP contribution < -0.4 is 15.4 Å². The molecule has 1 aliphatic rings. The third kappa shape index (κ3) is 5.38. The van der Waals surface area contributed by atoms with Crippen molar-refractivity contribution in [1.29, 1.82) is 0 Å². The van der Waals surface area contributed by atoms with E-state index in [1.54, 1.807) is 11.8 Å². The predicted molar refractivity (Wildman–Crippen MR) is 112 cm³/mol. The maximum atomic E-state index is 12.2. The van der Waals surface area contributed by atoms with Gasteiger partial charge in [0.25, 0.3) is 11.1 Å². The molecule has 0 bridgehead atoms. The summed E-state index contributed by atoms with van der Waals surface area (Å²) < 4.78 is 11.2. The van der Waals surface area contributed by atoms with Crippen molar-refractivity contribution in [3.63, 3.8) is 0 Å². The quantitative estimate of drug-likeness (QED) is 0.817. The van der Waals surface area contributed by atoms with Gasteiger partial charge in [-0.25, -0.2) is 9.78 Å². The molecule has 2 N–H and O–H groups in total. The van der Waals surface area contributed by atoms with Gasteiger partial charge in [-0.2, -0.15) is 0 Å². The van der Waals surface area contributed by atoms with Crippen molar-refractivity contribution >= 4 is 29.0 Å². The number of nitrogens with zero attached hydrogens (tertiary/aromatic N) is 3. The van der Waals surface area contributed by atoms with E-state index < -0.39 is 11.5 Å². The van der Waals surface area contributed by atoms with Crippen molar-refractivity contribution in [2.45, 2.75) is 33.3 Å². The van der Waals surface area contributed by atoms with Crippen LogP contribution in [0.1, 0.15) is 36.1 Å². The molecule has 2 heterocycles. The highest BCUT2D eigenvalue weighted by atomic mass is 32.1. The number of piperazine rings is 1. The molecular weight excluding hydrogens is 392 g/mol. The fraction of sp³-hybridized carbons (Fsp3) is 0.450. The van der Waals surface area contributed by atoms with Crippen LogP contribution in [0.15, 0.2) is 24.3 Å². The van der Waals surface area contributed by atoms with Crippen LogP contribution in [-0.4, -0.2) is 53.7 Å². The molecule has 2 amide bonds. The second-order valence-corrected chi connectivity index (χ2v) is 8.77. The van der Waals surface area contributed by atoms with E-state index in [4.69, 9.17) is 15.2 Å². The molecule has 9 heteroatoms. The summed E-state index contributed by atoms with van der Waals surface area (Å²) in [5.74, 6) is 0.127. The van der Waals surface area contributed by atoms with Crippen LogP contribution in [0.25, 0.3) is 0 Å². The van der Waals surface area contributed by atoms with E-state index in [2.05, 4.69) is 9.88 Å². The zero-order valence-corrected chi connectivity index (χ0v) is 17.9. The number of carbonyl (C=O) groups is 2. The monoisotopic (exact) mass is 418 g/mol. The van der Waals surface area contributed by atoms with Gasteiger partial charge in [0.15, 0.2) is 0 Å². The van der Waals surface area contributed by atoms with Crippen LogP contribution in [0.5, 0.6) is 10.9 Å². The summed E-state index contributed by atoms with van der Waals surface area (Å²) in [5, 5.41) is 0.384. The Labute approximate surface area is 174 Å². The number of benzene rings is 1. The van der Waals surface area contributed by atoms with Crippen molar-refractivity contribution in [2.75, 3.05) is 31.1 Å². The summed E-state index contributed by atoms with van der Waals surface area (Å²) >= 11 is 1.13. The Hall–Kier alpha value is -2.81. The molecule has 8 nitrogen and oxygen atoms in total. The Morgan fingerprint density at radius 2 is 1.72 bits per heavy atom. The number of primary amides is 1. The zero-order valence-electron chi connectivity index (χ0n) is 17.1. The Balaban J connectivity index is 1.56.